The van der Waals surface area contributed by atoms with E-state index >= 15 is 0 Å². The smallest absolute Gasteiger partial charge is 0.166 e. The first kappa shape index (κ1) is 12.8. The summed E-state index contributed by atoms with van der Waals surface area (Å²) in [5, 5.41) is 0.998. The predicted molar refractivity (Wildman–Crippen MR) is 81.5 cm³/mol. The van der Waals surface area contributed by atoms with E-state index in [9.17, 15) is 0 Å². The standard InChI is InChI=1S/C14H20N4S/c15-11-4-5-12-13(10-11)17-14(16-12)19-9-8-18-6-2-1-3-7-18/h4-5,10H,1-3,6-9,15H2,(H,16,17). The lowest BCUT2D eigenvalue weighted by Crippen LogP contribution is -2.31. The molecule has 1 aromatic heterocycles. The number of likely N-dealkylation sites (tertiary alicyclic amines) is 1. The summed E-state index contributed by atoms with van der Waals surface area (Å²) in [6.45, 7) is 3.68. The van der Waals surface area contributed by atoms with Crippen molar-refractivity contribution in [3.8, 4) is 0 Å². The summed E-state index contributed by atoms with van der Waals surface area (Å²) >= 11 is 1.80. The highest BCUT2D eigenvalue weighted by molar-refractivity contribution is 7.99. The van der Waals surface area contributed by atoms with Gasteiger partial charge in [-0.2, -0.15) is 0 Å². The molecule has 102 valence electrons. The summed E-state index contributed by atoms with van der Waals surface area (Å²) in [6.07, 6.45) is 4.11. The summed E-state index contributed by atoms with van der Waals surface area (Å²) in [7, 11) is 0. The third-order valence-electron chi connectivity index (χ3n) is 3.58. The van der Waals surface area contributed by atoms with Gasteiger partial charge in [-0.15, -0.1) is 0 Å². The van der Waals surface area contributed by atoms with Crippen LogP contribution >= 0.6 is 11.8 Å². The lowest BCUT2D eigenvalue weighted by atomic mass is 10.1. The van der Waals surface area contributed by atoms with Crippen LogP contribution in [0.15, 0.2) is 23.4 Å². The van der Waals surface area contributed by atoms with Gasteiger partial charge in [-0.3, -0.25) is 0 Å². The summed E-state index contributed by atoms with van der Waals surface area (Å²) < 4.78 is 0. The number of nitrogens with one attached hydrogen (secondary N) is 1. The number of piperidine rings is 1. The molecule has 0 atom stereocenters. The molecule has 1 fully saturated rings. The Bertz CT molecular complexity index is 545. The highest BCUT2D eigenvalue weighted by atomic mass is 32.2. The van der Waals surface area contributed by atoms with Gasteiger partial charge in [0.1, 0.15) is 0 Å². The average Bonchev–Trinajstić information content (AvgIpc) is 2.82. The summed E-state index contributed by atoms with van der Waals surface area (Å²) in [5.41, 5.74) is 8.57. The fourth-order valence-corrected chi connectivity index (χ4v) is 3.41. The van der Waals surface area contributed by atoms with Crippen molar-refractivity contribution in [2.75, 3.05) is 31.1 Å². The largest absolute Gasteiger partial charge is 0.399 e. The topological polar surface area (TPSA) is 57.9 Å². The Balaban J connectivity index is 1.56. The number of H-pyrrole nitrogens is 1. The molecule has 2 aromatic rings. The molecule has 0 unspecified atom stereocenters. The van der Waals surface area contributed by atoms with Crippen molar-refractivity contribution in [1.82, 2.24) is 14.9 Å². The molecule has 1 aliphatic heterocycles. The quantitative estimate of drug-likeness (QED) is 0.666. The van der Waals surface area contributed by atoms with Gasteiger partial charge in [0.25, 0.3) is 0 Å². The molecule has 2 heterocycles. The Kier molecular flexibility index (Phi) is 3.94. The molecule has 0 radical (unpaired) electrons. The van der Waals surface area contributed by atoms with Gasteiger partial charge in [-0.1, -0.05) is 18.2 Å². The van der Waals surface area contributed by atoms with Gasteiger partial charge in [0.2, 0.25) is 0 Å². The maximum absolute atomic E-state index is 5.77. The van der Waals surface area contributed by atoms with E-state index < -0.39 is 0 Å². The maximum Gasteiger partial charge on any atom is 0.166 e. The zero-order valence-electron chi connectivity index (χ0n) is 11.1. The first-order valence-electron chi connectivity index (χ1n) is 6.92. The molecule has 0 bridgehead atoms. The number of aromatic amines is 1. The minimum Gasteiger partial charge on any atom is -0.399 e. The second kappa shape index (κ2) is 5.84. The van der Waals surface area contributed by atoms with E-state index in [-0.39, 0.29) is 0 Å². The molecule has 1 aliphatic rings. The SMILES string of the molecule is Nc1ccc2nc(SCCN3CCCCC3)[nH]c2c1. The number of benzene rings is 1. The summed E-state index contributed by atoms with van der Waals surface area (Å²) in [4.78, 5) is 10.5. The van der Waals surface area contributed by atoms with Gasteiger partial charge >= 0.3 is 0 Å². The van der Waals surface area contributed by atoms with Crippen molar-refractivity contribution in [1.29, 1.82) is 0 Å². The highest BCUT2D eigenvalue weighted by Crippen LogP contribution is 2.21. The van der Waals surface area contributed by atoms with E-state index in [0.29, 0.717) is 0 Å². The van der Waals surface area contributed by atoms with Crippen LogP contribution in [-0.4, -0.2) is 40.3 Å². The Hall–Kier alpha value is -1.20. The van der Waals surface area contributed by atoms with Crippen molar-refractivity contribution in [2.24, 2.45) is 0 Å². The Morgan fingerprint density at radius 3 is 2.95 bits per heavy atom. The van der Waals surface area contributed by atoms with Crippen LogP contribution in [0, 0.1) is 0 Å². The molecule has 4 nitrogen and oxygen atoms in total. The van der Waals surface area contributed by atoms with Crippen LogP contribution in [-0.2, 0) is 0 Å². The van der Waals surface area contributed by atoms with E-state index in [1.807, 2.05) is 18.2 Å². The van der Waals surface area contributed by atoms with Crippen molar-refractivity contribution in [2.45, 2.75) is 24.4 Å². The first-order chi connectivity index (χ1) is 9.31. The fraction of sp³-hybridized carbons (Fsp3) is 0.500. The molecular weight excluding hydrogens is 256 g/mol. The number of nitrogens with zero attached hydrogens (tertiary/aromatic N) is 2. The number of nitrogens with two attached hydrogens (primary N) is 1. The van der Waals surface area contributed by atoms with E-state index in [4.69, 9.17) is 5.73 Å². The molecule has 0 spiro atoms. The van der Waals surface area contributed by atoms with Gasteiger partial charge in [0, 0.05) is 18.0 Å². The van der Waals surface area contributed by atoms with Crippen molar-refractivity contribution in [3.05, 3.63) is 18.2 Å². The highest BCUT2D eigenvalue weighted by Gasteiger charge is 2.10. The van der Waals surface area contributed by atoms with Crippen LogP contribution in [0.5, 0.6) is 0 Å². The Morgan fingerprint density at radius 2 is 2.11 bits per heavy atom. The van der Waals surface area contributed by atoms with E-state index in [1.165, 1.54) is 32.4 Å². The minimum absolute atomic E-state index is 0.779. The van der Waals surface area contributed by atoms with Gasteiger partial charge < -0.3 is 15.6 Å². The molecule has 3 N–H and O–H groups in total. The molecule has 0 amide bonds. The number of rotatable bonds is 4. The van der Waals surface area contributed by atoms with Crippen LogP contribution in [0.3, 0.4) is 0 Å². The second-order valence-electron chi connectivity index (χ2n) is 5.07. The number of aromatic nitrogens is 2. The number of hydrogen-bond donors (Lipinski definition) is 2. The van der Waals surface area contributed by atoms with Crippen LogP contribution in [0.2, 0.25) is 0 Å². The average molecular weight is 276 g/mol. The number of thioether (sulfide) groups is 1. The van der Waals surface area contributed by atoms with Crippen molar-refractivity contribution in [3.63, 3.8) is 0 Å². The molecule has 1 aromatic carbocycles. The molecule has 19 heavy (non-hydrogen) atoms. The first-order valence-corrected chi connectivity index (χ1v) is 7.90. The molecule has 1 saturated heterocycles. The Morgan fingerprint density at radius 1 is 1.26 bits per heavy atom. The zero-order valence-corrected chi connectivity index (χ0v) is 11.9. The van der Waals surface area contributed by atoms with Crippen molar-refractivity contribution >= 4 is 28.5 Å². The summed E-state index contributed by atoms with van der Waals surface area (Å²) in [6, 6.07) is 5.80. The number of imidazole rings is 1. The van der Waals surface area contributed by atoms with Gasteiger partial charge in [-0.25, -0.2) is 4.98 Å². The third-order valence-corrected chi connectivity index (χ3v) is 4.43. The predicted octanol–water partition coefficient (Wildman–Crippen LogP) is 2.72. The molecule has 5 heteroatoms. The molecule has 0 saturated carbocycles. The van der Waals surface area contributed by atoms with E-state index in [0.717, 1.165) is 34.2 Å². The lowest BCUT2D eigenvalue weighted by molar-refractivity contribution is 0.242. The third kappa shape index (κ3) is 3.22. The normalized spacial score (nSPS) is 17.1. The minimum atomic E-state index is 0.779. The number of fused-ring (bicyclic) bond motifs is 1. The monoisotopic (exact) mass is 276 g/mol. The second-order valence-corrected chi connectivity index (χ2v) is 6.15. The number of nitrogen functional groups attached to an aromatic ring is 1. The van der Waals surface area contributed by atoms with Gasteiger partial charge in [-0.05, 0) is 44.1 Å². The molecule has 3 rings (SSSR count). The number of hydrogen-bond acceptors (Lipinski definition) is 4. The van der Waals surface area contributed by atoms with E-state index in [2.05, 4.69) is 14.9 Å². The van der Waals surface area contributed by atoms with Crippen molar-refractivity contribution < 1.29 is 0 Å². The lowest BCUT2D eigenvalue weighted by Gasteiger charge is -2.25. The van der Waals surface area contributed by atoms with E-state index in [1.54, 1.807) is 11.8 Å². The maximum atomic E-state index is 5.77. The Labute approximate surface area is 117 Å². The zero-order chi connectivity index (χ0) is 13.1. The van der Waals surface area contributed by atoms with Crippen LogP contribution in [0.1, 0.15) is 19.3 Å². The van der Waals surface area contributed by atoms with Gasteiger partial charge in [0.15, 0.2) is 5.16 Å². The van der Waals surface area contributed by atoms with Gasteiger partial charge in [0.05, 0.1) is 11.0 Å². The van der Waals surface area contributed by atoms with Crippen LogP contribution < -0.4 is 5.73 Å². The molecular formula is C14H20N4S. The summed E-state index contributed by atoms with van der Waals surface area (Å²) in [5.74, 6) is 1.09. The van der Waals surface area contributed by atoms with Crippen LogP contribution in [0.4, 0.5) is 5.69 Å². The number of anilines is 1. The molecule has 0 aliphatic carbocycles. The van der Waals surface area contributed by atoms with Crippen LogP contribution in [0.25, 0.3) is 11.0 Å². The fourth-order valence-electron chi connectivity index (χ4n) is 2.53.